The average molecular weight is 238 g/mol. The van der Waals surface area contributed by atoms with Crippen LogP contribution in [0.25, 0.3) is 0 Å². The van der Waals surface area contributed by atoms with Gasteiger partial charge in [0.2, 0.25) is 0 Å². The van der Waals surface area contributed by atoms with Crippen molar-refractivity contribution in [3.63, 3.8) is 0 Å². The number of rotatable bonds is 6. The lowest BCUT2D eigenvalue weighted by molar-refractivity contribution is 0.326. The molecule has 1 aromatic heterocycles. The van der Waals surface area contributed by atoms with Gasteiger partial charge in [-0.2, -0.15) is 5.10 Å². The summed E-state index contributed by atoms with van der Waals surface area (Å²) in [6.07, 6.45) is 0. The van der Waals surface area contributed by atoms with Gasteiger partial charge in [0.25, 0.3) is 0 Å². The first kappa shape index (κ1) is 14.2. The fourth-order valence-corrected chi connectivity index (χ4v) is 1.93. The van der Waals surface area contributed by atoms with Crippen molar-refractivity contribution in [1.82, 2.24) is 20.1 Å². The van der Waals surface area contributed by atoms with Gasteiger partial charge < -0.3 is 5.32 Å². The van der Waals surface area contributed by atoms with E-state index in [1.54, 1.807) is 0 Å². The van der Waals surface area contributed by atoms with E-state index in [2.05, 4.69) is 43.1 Å². The van der Waals surface area contributed by atoms with Gasteiger partial charge in [0.05, 0.1) is 6.04 Å². The second-order valence-corrected chi connectivity index (χ2v) is 5.42. The molecule has 1 aromatic rings. The van der Waals surface area contributed by atoms with Gasteiger partial charge in [0, 0.05) is 0 Å². The molecule has 0 saturated carbocycles. The Morgan fingerprint density at radius 1 is 1.12 bits per heavy atom. The van der Waals surface area contributed by atoms with Crippen molar-refractivity contribution in [3.05, 3.63) is 11.6 Å². The maximum absolute atomic E-state index is 4.45. The fraction of sp³-hybridized carbons (Fsp3) is 0.846. The van der Waals surface area contributed by atoms with Crippen molar-refractivity contribution in [2.24, 2.45) is 11.8 Å². The van der Waals surface area contributed by atoms with E-state index in [1.165, 1.54) is 0 Å². The average Bonchev–Trinajstić information content (AvgIpc) is 2.56. The lowest BCUT2D eigenvalue weighted by atomic mass is 10.0. The number of hydrogen-bond donors (Lipinski definition) is 1. The van der Waals surface area contributed by atoms with E-state index < -0.39 is 0 Å². The summed E-state index contributed by atoms with van der Waals surface area (Å²) < 4.78 is 2.04. The molecule has 4 nitrogen and oxygen atoms in total. The highest BCUT2D eigenvalue weighted by molar-refractivity contribution is 4.90. The van der Waals surface area contributed by atoms with E-state index >= 15 is 0 Å². The van der Waals surface area contributed by atoms with Crippen molar-refractivity contribution in [2.75, 3.05) is 13.1 Å². The molecule has 0 aromatic carbocycles. The van der Waals surface area contributed by atoms with Crippen LogP contribution in [-0.2, 0) is 0 Å². The molecule has 17 heavy (non-hydrogen) atoms. The zero-order valence-corrected chi connectivity index (χ0v) is 12.0. The first-order chi connectivity index (χ1) is 7.91. The first-order valence-corrected chi connectivity index (χ1v) is 6.52. The third-order valence-corrected chi connectivity index (χ3v) is 3.14. The van der Waals surface area contributed by atoms with Crippen LogP contribution in [0.5, 0.6) is 0 Å². The Hall–Kier alpha value is -0.900. The van der Waals surface area contributed by atoms with Gasteiger partial charge in [-0.25, -0.2) is 9.67 Å². The van der Waals surface area contributed by atoms with Gasteiger partial charge in [0.15, 0.2) is 0 Å². The van der Waals surface area contributed by atoms with Crippen LogP contribution in [0, 0.1) is 25.7 Å². The predicted octanol–water partition coefficient (Wildman–Crippen LogP) is 2.34. The van der Waals surface area contributed by atoms with Crippen LogP contribution in [0.4, 0.5) is 0 Å². The minimum absolute atomic E-state index is 0.385. The highest BCUT2D eigenvalue weighted by Gasteiger charge is 2.17. The molecular weight excluding hydrogens is 212 g/mol. The molecule has 0 radical (unpaired) electrons. The second kappa shape index (κ2) is 6.15. The SMILES string of the molecule is Cc1nc(C)n(C(C)C(C)CNCC(C)C)n1. The van der Waals surface area contributed by atoms with E-state index in [4.69, 9.17) is 0 Å². The largest absolute Gasteiger partial charge is 0.316 e. The van der Waals surface area contributed by atoms with Crippen molar-refractivity contribution in [3.8, 4) is 0 Å². The van der Waals surface area contributed by atoms with Crippen molar-refractivity contribution in [1.29, 1.82) is 0 Å². The van der Waals surface area contributed by atoms with Crippen molar-refractivity contribution >= 4 is 0 Å². The third kappa shape index (κ3) is 4.11. The predicted molar refractivity (Wildman–Crippen MR) is 71.1 cm³/mol. The summed E-state index contributed by atoms with van der Waals surface area (Å²) in [5.41, 5.74) is 0. The Balaban J connectivity index is 2.51. The Morgan fingerprint density at radius 2 is 1.76 bits per heavy atom. The molecule has 2 unspecified atom stereocenters. The van der Waals surface area contributed by atoms with Crippen LogP contribution < -0.4 is 5.32 Å². The van der Waals surface area contributed by atoms with Crippen LogP contribution in [0.15, 0.2) is 0 Å². The molecule has 0 aliphatic heterocycles. The molecule has 4 heteroatoms. The monoisotopic (exact) mass is 238 g/mol. The Kier molecular flexibility index (Phi) is 5.12. The number of hydrogen-bond acceptors (Lipinski definition) is 3. The van der Waals surface area contributed by atoms with E-state index in [0.29, 0.717) is 17.9 Å². The van der Waals surface area contributed by atoms with Crippen LogP contribution >= 0.6 is 0 Å². The van der Waals surface area contributed by atoms with Crippen molar-refractivity contribution in [2.45, 2.75) is 47.6 Å². The number of aromatic nitrogens is 3. The van der Waals surface area contributed by atoms with E-state index in [0.717, 1.165) is 24.7 Å². The summed E-state index contributed by atoms with van der Waals surface area (Å²) in [5, 5.41) is 7.95. The fourth-order valence-electron chi connectivity index (χ4n) is 1.93. The quantitative estimate of drug-likeness (QED) is 0.827. The molecule has 2 atom stereocenters. The smallest absolute Gasteiger partial charge is 0.147 e. The lowest BCUT2D eigenvalue weighted by Crippen LogP contribution is -2.30. The molecule has 0 spiro atoms. The first-order valence-electron chi connectivity index (χ1n) is 6.52. The topological polar surface area (TPSA) is 42.7 Å². The van der Waals surface area contributed by atoms with Gasteiger partial charge >= 0.3 is 0 Å². The maximum atomic E-state index is 4.45. The third-order valence-electron chi connectivity index (χ3n) is 3.14. The van der Waals surface area contributed by atoms with Crippen molar-refractivity contribution < 1.29 is 0 Å². The number of aryl methyl sites for hydroxylation is 2. The number of nitrogens with zero attached hydrogens (tertiary/aromatic N) is 3. The molecule has 1 rings (SSSR count). The molecular formula is C13H26N4. The summed E-state index contributed by atoms with van der Waals surface area (Å²) in [6, 6.07) is 0.385. The summed E-state index contributed by atoms with van der Waals surface area (Å²) in [4.78, 5) is 4.35. The highest BCUT2D eigenvalue weighted by atomic mass is 15.4. The minimum Gasteiger partial charge on any atom is -0.316 e. The van der Waals surface area contributed by atoms with Gasteiger partial charge in [-0.3, -0.25) is 0 Å². The summed E-state index contributed by atoms with van der Waals surface area (Å²) in [6.45, 7) is 15.0. The molecule has 0 amide bonds. The highest BCUT2D eigenvalue weighted by Crippen LogP contribution is 2.17. The molecule has 0 fully saturated rings. The van der Waals surface area contributed by atoms with Crippen LogP contribution in [0.2, 0.25) is 0 Å². The normalized spacial score (nSPS) is 15.2. The molecule has 0 aliphatic carbocycles. The second-order valence-electron chi connectivity index (χ2n) is 5.42. The Labute approximate surface area is 105 Å². The maximum Gasteiger partial charge on any atom is 0.147 e. The van der Waals surface area contributed by atoms with E-state index in [-0.39, 0.29) is 0 Å². The molecule has 1 N–H and O–H groups in total. The van der Waals surface area contributed by atoms with Crippen LogP contribution in [0.3, 0.4) is 0 Å². The van der Waals surface area contributed by atoms with Gasteiger partial charge in [-0.05, 0) is 45.7 Å². The van der Waals surface area contributed by atoms with Gasteiger partial charge in [-0.1, -0.05) is 20.8 Å². The molecule has 0 saturated heterocycles. The molecule has 1 heterocycles. The summed E-state index contributed by atoms with van der Waals surface area (Å²) in [5.74, 6) is 3.11. The van der Waals surface area contributed by atoms with Gasteiger partial charge in [-0.15, -0.1) is 0 Å². The molecule has 98 valence electrons. The van der Waals surface area contributed by atoms with E-state index in [1.807, 2.05) is 18.5 Å². The van der Waals surface area contributed by atoms with Crippen LogP contribution in [0.1, 0.15) is 45.4 Å². The summed E-state index contributed by atoms with van der Waals surface area (Å²) in [7, 11) is 0. The number of nitrogens with one attached hydrogen (secondary N) is 1. The van der Waals surface area contributed by atoms with Gasteiger partial charge in [0.1, 0.15) is 11.6 Å². The Bertz CT molecular complexity index is 343. The van der Waals surface area contributed by atoms with Crippen LogP contribution in [-0.4, -0.2) is 27.9 Å². The standard InChI is InChI=1S/C13H26N4/c1-9(2)7-14-8-10(3)11(4)17-13(6)15-12(5)16-17/h9-11,14H,7-8H2,1-6H3. The lowest BCUT2D eigenvalue weighted by Gasteiger charge is -2.22. The summed E-state index contributed by atoms with van der Waals surface area (Å²) >= 11 is 0. The molecule has 0 bridgehead atoms. The minimum atomic E-state index is 0.385. The zero-order chi connectivity index (χ0) is 13.0. The van der Waals surface area contributed by atoms with E-state index in [9.17, 15) is 0 Å². The Morgan fingerprint density at radius 3 is 2.24 bits per heavy atom. The molecule has 0 aliphatic rings. The zero-order valence-electron chi connectivity index (χ0n) is 12.0.